The molecule has 0 aromatic heterocycles. The van der Waals surface area contributed by atoms with Crippen molar-refractivity contribution in [3.05, 3.63) is 24.0 Å². The molecule has 19 heavy (non-hydrogen) atoms. The average Bonchev–Trinajstić information content (AvgIpc) is 2.95. The molecule has 0 spiro atoms. The molecule has 0 bridgehead atoms. The number of anilines is 1. The summed E-state index contributed by atoms with van der Waals surface area (Å²) >= 11 is 0. The predicted octanol–water partition coefficient (Wildman–Crippen LogP) is 1.78. The van der Waals surface area contributed by atoms with E-state index < -0.39 is 32.5 Å². The van der Waals surface area contributed by atoms with E-state index in [1.165, 1.54) is 0 Å². The summed E-state index contributed by atoms with van der Waals surface area (Å²) in [5.41, 5.74) is 2.65. The molecule has 1 aliphatic rings. The zero-order valence-electron chi connectivity index (χ0n) is 9.46. The molecule has 3 N–H and O–H groups in total. The van der Waals surface area contributed by atoms with Crippen molar-refractivity contribution >= 4 is 15.7 Å². The van der Waals surface area contributed by atoms with Gasteiger partial charge in [0.25, 0.3) is 0 Å². The Balaban J connectivity index is 2.34. The van der Waals surface area contributed by atoms with E-state index in [-0.39, 0.29) is 18.5 Å². The van der Waals surface area contributed by atoms with E-state index in [1.54, 1.807) is 4.72 Å². The largest absolute Gasteiger partial charge is 0.407 e. The average molecular weight is 298 g/mol. The highest BCUT2D eigenvalue weighted by Gasteiger charge is 2.65. The summed E-state index contributed by atoms with van der Waals surface area (Å²) in [4.78, 5) is -0.625. The van der Waals surface area contributed by atoms with E-state index in [2.05, 4.69) is 0 Å². The Morgan fingerprint density at radius 3 is 2.21 bits per heavy atom. The van der Waals surface area contributed by atoms with Crippen molar-refractivity contribution in [2.75, 3.05) is 5.73 Å². The number of sulfonamides is 1. The van der Waals surface area contributed by atoms with Gasteiger partial charge in [0.2, 0.25) is 10.0 Å². The number of nitrogens with one attached hydrogen (secondary N) is 1. The quantitative estimate of drug-likeness (QED) is 0.660. The van der Waals surface area contributed by atoms with Gasteiger partial charge in [-0.05, 0) is 31.0 Å². The number of hydrogen-bond donors (Lipinski definition) is 2. The molecule has 1 aromatic rings. The summed E-state index contributed by atoms with van der Waals surface area (Å²) in [5.74, 6) is -0.933. The zero-order valence-corrected chi connectivity index (χ0v) is 10.3. The Hall–Kier alpha value is -1.35. The van der Waals surface area contributed by atoms with Crippen molar-refractivity contribution in [3.63, 3.8) is 0 Å². The van der Waals surface area contributed by atoms with Crippen LogP contribution in [0.1, 0.15) is 12.8 Å². The van der Waals surface area contributed by atoms with Crippen LogP contribution < -0.4 is 10.5 Å². The van der Waals surface area contributed by atoms with E-state index in [9.17, 15) is 26.0 Å². The van der Waals surface area contributed by atoms with Crippen LogP contribution >= 0.6 is 0 Å². The van der Waals surface area contributed by atoms with Crippen LogP contribution in [0.3, 0.4) is 0 Å². The minimum absolute atomic E-state index is 0.183. The van der Waals surface area contributed by atoms with E-state index in [0.29, 0.717) is 6.07 Å². The van der Waals surface area contributed by atoms with Crippen molar-refractivity contribution in [1.29, 1.82) is 0 Å². The molecule has 0 unspecified atom stereocenters. The van der Waals surface area contributed by atoms with Gasteiger partial charge in [0.05, 0.1) is 4.90 Å². The van der Waals surface area contributed by atoms with Crippen molar-refractivity contribution in [2.45, 2.75) is 29.5 Å². The number of benzene rings is 1. The fourth-order valence-electron chi connectivity index (χ4n) is 1.62. The number of alkyl halides is 3. The third kappa shape index (κ3) is 2.66. The van der Waals surface area contributed by atoms with Gasteiger partial charge in [-0.25, -0.2) is 12.8 Å². The topological polar surface area (TPSA) is 72.2 Å². The Morgan fingerprint density at radius 1 is 1.21 bits per heavy atom. The minimum Gasteiger partial charge on any atom is -0.399 e. The maximum atomic E-state index is 13.0. The Bertz CT molecular complexity index is 588. The lowest BCUT2D eigenvalue weighted by molar-refractivity contribution is -0.160. The van der Waals surface area contributed by atoms with Crippen molar-refractivity contribution < 1.29 is 26.0 Å². The normalized spacial score (nSPS) is 18.3. The fourth-order valence-corrected chi connectivity index (χ4v) is 3.14. The standard InChI is InChI=1S/C10H10F4N2O2S/c11-6-3-7(15)5-8(4-6)19(17,18)16-9(1-2-9)10(12,13)14/h3-5,16H,1-2,15H2. The lowest BCUT2D eigenvalue weighted by Gasteiger charge is -2.20. The summed E-state index contributed by atoms with van der Waals surface area (Å²) in [6.07, 6.45) is -5.35. The highest BCUT2D eigenvalue weighted by molar-refractivity contribution is 7.89. The van der Waals surface area contributed by atoms with Gasteiger partial charge < -0.3 is 5.73 Å². The Kier molecular flexibility index (Phi) is 3.01. The number of rotatable bonds is 3. The number of hydrogen-bond acceptors (Lipinski definition) is 3. The van der Waals surface area contributed by atoms with Gasteiger partial charge >= 0.3 is 6.18 Å². The molecule has 4 nitrogen and oxygen atoms in total. The third-order valence-corrected chi connectivity index (χ3v) is 4.34. The molecule has 0 atom stereocenters. The molecular formula is C10H10F4N2O2S. The van der Waals surface area contributed by atoms with Gasteiger partial charge in [0.15, 0.2) is 0 Å². The van der Waals surface area contributed by atoms with Gasteiger partial charge in [-0.1, -0.05) is 0 Å². The second-order valence-electron chi connectivity index (χ2n) is 4.41. The monoisotopic (exact) mass is 298 g/mol. The van der Waals surface area contributed by atoms with Gasteiger partial charge in [-0.2, -0.15) is 17.9 Å². The first kappa shape index (κ1) is 14.1. The Morgan fingerprint density at radius 2 is 1.79 bits per heavy atom. The number of nitrogen functional groups attached to an aromatic ring is 1. The van der Waals surface area contributed by atoms with Crippen molar-refractivity contribution in [2.24, 2.45) is 0 Å². The molecule has 1 saturated carbocycles. The minimum atomic E-state index is -4.68. The van der Waals surface area contributed by atoms with Crippen molar-refractivity contribution in [1.82, 2.24) is 4.72 Å². The zero-order chi connectivity index (χ0) is 14.5. The smallest absolute Gasteiger partial charge is 0.399 e. The number of halogens is 4. The molecule has 0 heterocycles. The highest BCUT2D eigenvalue weighted by atomic mass is 32.2. The molecule has 0 saturated heterocycles. The first-order valence-corrected chi connectivity index (χ1v) is 6.71. The summed E-state index contributed by atoms with van der Waals surface area (Å²) in [7, 11) is -4.47. The second-order valence-corrected chi connectivity index (χ2v) is 6.09. The molecule has 0 amide bonds. The van der Waals surface area contributed by atoms with E-state index in [0.717, 1.165) is 12.1 Å². The van der Waals surface area contributed by atoms with Crippen LogP contribution in [-0.4, -0.2) is 20.1 Å². The second kappa shape index (κ2) is 4.07. The van der Waals surface area contributed by atoms with Crippen LogP contribution in [0.25, 0.3) is 0 Å². The fraction of sp³-hybridized carbons (Fsp3) is 0.400. The molecule has 9 heteroatoms. The van der Waals surface area contributed by atoms with Gasteiger partial charge in [-0.15, -0.1) is 0 Å². The SMILES string of the molecule is Nc1cc(F)cc(S(=O)(=O)NC2(C(F)(F)F)CC2)c1. The molecule has 106 valence electrons. The molecule has 0 radical (unpaired) electrons. The summed E-state index contributed by atoms with van der Waals surface area (Å²) in [6.45, 7) is 0. The molecule has 1 fully saturated rings. The van der Waals surface area contributed by atoms with E-state index >= 15 is 0 Å². The molecule has 2 rings (SSSR count). The summed E-state index contributed by atoms with van der Waals surface area (Å²) in [6, 6.07) is 2.39. The predicted molar refractivity (Wildman–Crippen MR) is 59.2 cm³/mol. The number of nitrogens with two attached hydrogens (primary N) is 1. The van der Waals surface area contributed by atoms with Crippen LogP contribution in [-0.2, 0) is 10.0 Å². The maximum Gasteiger partial charge on any atom is 0.407 e. The van der Waals surface area contributed by atoms with E-state index in [1.807, 2.05) is 0 Å². The lowest BCUT2D eigenvalue weighted by atomic mass is 10.3. The van der Waals surface area contributed by atoms with Crippen LogP contribution in [0.5, 0.6) is 0 Å². The molecule has 1 aromatic carbocycles. The molecule has 1 aliphatic carbocycles. The van der Waals surface area contributed by atoms with Crippen molar-refractivity contribution in [3.8, 4) is 0 Å². The Labute approximate surface area is 106 Å². The lowest BCUT2D eigenvalue weighted by Crippen LogP contribution is -2.47. The van der Waals surface area contributed by atoms with Crippen LogP contribution in [0, 0.1) is 5.82 Å². The molecular weight excluding hydrogens is 288 g/mol. The van der Waals surface area contributed by atoms with Crippen LogP contribution in [0.15, 0.2) is 23.1 Å². The highest BCUT2D eigenvalue weighted by Crippen LogP contribution is 2.49. The first-order chi connectivity index (χ1) is 8.56. The third-order valence-electron chi connectivity index (χ3n) is 2.83. The van der Waals surface area contributed by atoms with Gasteiger partial charge in [0.1, 0.15) is 11.4 Å². The first-order valence-electron chi connectivity index (χ1n) is 5.23. The maximum absolute atomic E-state index is 13.0. The summed E-state index contributed by atoms with van der Waals surface area (Å²) in [5, 5.41) is 0. The molecule has 0 aliphatic heterocycles. The van der Waals surface area contributed by atoms with Gasteiger partial charge in [-0.3, -0.25) is 0 Å². The van der Waals surface area contributed by atoms with Crippen LogP contribution in [0.4, 0.5) is 23.2 Å². The van der Waals surface area contributed by atoms with Gasteiger partial charge in [0, 0.05) is 5.69 Å². The van der Waals surface area contributed by atoms with E-state index in [4.69, 9.17) is 5.73 Å². The van der Waals surface area contributed by atoms with Crippen LogP contribution in [0.2, 0.25) is 0 Å². The summed E-state index contributed by atoms with van der Waals surface area (Å²) < 4.78 is 76.3.